The number of rotatable bonds is 0. The van der Waals surface area contributed by atoms with Crippen LogP contribution in [-0.4, -0.2) is 8.66 Å². The Hall–Kier alpha value is 0.170. The molecular weight excluding hydrogens is 236 g/mol. The highest BCUT2D eigenvalue weighted by Gasteiger charge is 1.98. The Morgan fingerprint density at radius 3 is 2.88 bits per heavy atom. The molecule has 0 saturated carbocycles. The molecule has 0 saturated heterocycles. The highest BCUT2D eigenvalue weighted by Crippen LogP contribution is 2.10. The van der Waals surface area contributed by atoms with Crippen LogP contribution in [0.1, 0.15) is 6.42 Å². The second-order valence-electron chi connectivity index (χ2n) is 1.35. The first-order chi connectivity index (χ1) is 3.79. The van der Waals surface area contributed by atoms with Crippen LogP contribution in [0.5, 0.6) is 0 Å². The summed E-state index contributed by atoms with van der Waals surface area (Å²) in [5.74, 6) is 0. The normalized spacial score (nSPS) is 18.8. The Morgan fingerprint density at radius 1 is 1.75 bits per heavy atom. The van der Waals surface area contributed by atoms with E-state index in [0.29, 0.717) is 0 Å². The van der Waals surface area contributed by atoms with Crippen LogP contribution in [0.2, 0.25) is 0 Å². The maximum Gasteiger partial charge on any atom is 0.108 e. The smallest absolute Gasteiger partial charge is 0.108 e. The molecule has 0 aromatic rings. The molecular formula is C4H4Br2N2. The van der Waals surface area contributed by atoms with Gasteiger partial charge in [0.1, 0.15) is 4.62 Å². The van der Waals surface area contributed by atoms with E-state index in [-0.39, 0.29) is 0 Å². The molecule has 2 nitrogen and oxygen atoms in total. The highest BCUT2D eigenvalue weighted by atomic mass is 79.9. The van der Waals surface area contributed by atoms with Gasteiger partial charge in [0, 0.05) is 12.6 Å². The van der Waals surface area contributed by atoms with Crippen LogP contribution in [0.4, 0.5) is 0 Å². The van der Waals surface area contributed by atoms with Gasteiger partial charge in [-0.2, -0.15) is 5.10 Å². The Kier molecular flexibility index (Phi) is 2.08. The van der Waals surface area contributed by atoms with Gasteiger partial charge in [-0.25, -0.2) is 4.03 Å². The summed E-state index contributed by atoms with van der Waals surface area (Å²) in [6, 6.07) is 0. The molecule has 0 aromatic carbocycles. The third-order valence-corrected chi connectivity index (χ3v) is 1.60. The fourth-order valence-electron chi connectivity index (χ4n) is 0.415. The molecule has 1 rings (SSSR count). The Labute approximate surface area is 64.7 Å². The van der Waals surface area contributed by atoms with Crippen molar-refractivity contribution < 1.29 is 0 Å². The van der Waals surface area contributed by atoms with Crippen LogP contribution in [-0.2, 0) is 0 Å². The average Bonchev–Trinajstić information content (AvgIpc) is 1.64. The molecule has 1 aliphatic heterocycles. The largest absolute Gasteiger partial charge is 0.205 e. The van der Waals surface area contributed by atoms with Crippen molar-refractivity contribution >= 4 is 36.7 Å². The number of nitrogens with zero attached hydrogens (tertiary/aromatic N) is 2. The number of hydrogen-bond donors (Lipinski definition) is 0. The van der Waals surface area contributed by atoms with Crippen molar-refractivity contribution in [1.29, 1.82) is 0 Å². The van der Waals surface area contributed by atoms with Crippen molar-refractivity contribution in [2.75, 3.05) is 0 Å². The minimum Gasteiger partial charge on any atom is -0.205 e. The fraction of sp³-hybridized carbons (Fsp3) is 0.250. The first kappa shape index (κ1) is 6.29. The maximum absolute atomic E-state index is 3.98. The average molecular weight is 240 g/mol. The van der Waals surface area contributed by atoms with E-state index < -0.39 is 0 Å². The van der Waals surface area contributed by atoms with Gasteiger partial charge in [-0.15, -0.1) is 0 Å². The zero-order valence-corrected chi connectivity index (χ0v) is 7.18. The summed E-state index contributed by atoms with van der Waals surface area (Å²) >= 11 is 6.41. The minimum absolute atomic E-state index is 0.891. The van der Waals surface area contributed by atoms with Crippen LogP contribution in [0, 0.1) is 0 Å². The molecule has 0 atom stereocenters. The second-order valence-corrected chi connectivity index (χ2v) is 3.00. The molecule has 0 N–H and O–H groups in total. The van der Waals surface area contributed by atoms with E-state index in [1.54, 1.807) is 4.03 Å². The quantitative estimate of drug-likeness (QED) is 0.592. The summed E-state index contributed by atoms with van der Waals surface area (Å²) in [7, 11) is 0. The number of hydrazone groups is 1. The van der Waals surface area contributed by atoms with E-state index in [0.717, 1.165) is 11.0 Å². The fourth-order valence-corrected chi connectivity index (χ4v) is 1.34. The van der Waals surface area contributed by atoms with Crippen molar-refractivity contribution in [3.63, 3.8) is 0 Å². The summed E-state index contributed by atoms with van der Waals surface area (Å²) in [4.78, 5) is 0. The topological polar surface area (TPSA) is 15.6 Å². The van der Waals surface area contributed by atoms with Gasteiger partial charge in [-0.05, 0) is 15.9 Å². The molecule has 1 heterocycles. The summed E-state index contributed by atoms with van der Waals surface area (Å²) in [5.41, 5.74) is 0. The van der Waals surface area contributed by atoms with Crippen LogP contribution >= 0.6 is 32.1 Å². The Bertz CT molecular complexity index is 141. The van der Waals surface area contributed by atoms with Crippen molar-refractivity contribution in [3.8, 4) is 0 Å². The van der Waals surface area contributed by atoms with Gasteiger partial charge >= 0.3 is 0 Å². The van der Waals surface area contributed by atoms with E-state index in [1.165, 1.54) is 0 Å². The predicted octanol–water partition coefficient (Wildman–Crippen LogP) is 2.22. The summed E-state index contributed by atoms with van der Waals surface area (Å²) in [6.07, 6.45) is 4.75. The monoisotopic (exact) mass is 238 g/mol. The lowest BCUT2D eigenvalue weighted by Gasteiger charge is -2.07. The summed E-state index contributed by atoms with van der Waals surface area (Å²) < 4.78 is 2.53. The minimum atomic E-state index is 0.891. The van der Waals surface area contributed by atoms with E-state index in [9.17, 15) is 0 Å². The zero-order chi connectivity index (χ0) is 5.98. The van der Waals surface area contributed by atoms with E-state index in [2.05, 4.69) is 37.2 Å². The van der Waals surface area contributed by atoms with Crippen LogP contribution in [0.25, 0.3) is 0 Å². The first-order valence-corrected chi connectivity index (χ1v) is 3.64. The molecule has 1 aliphatic rings. The molecule has 0 amide bonds. The third kappa shape index (κ3) is 1.59. The van der Waals surface area contributed by atoms with Gasteiger partial charge in [0.2, 0.25) is 0 Å². The molecule has 0 aliphatic carbocycles. The van der Waals surface area contributed by atoms with Gasteiger partial charge in [0.25, 0.3) is 0 Å². The van der Waals surface area contributed by atoms with Gasteiger partial charge in [-0.1, -0.05) is 6.08 Å². The summed E-state index contributed by atoms with van der Waals surface area (Å²) in [6.45, 7) is 0. The van der Waals surface area contributed by atoms with Gasteiger partial charge in [0.05, 0.1) is 16.1 Å². The van der Waals surface area contributed by atoms with E-state index in [4.69, 9.17) is 0 Å². The Balaban J connectivity index is 2.60. The molecule has 44 valence electrons. The first-order valence-electron chi connectivity index (χ1n) is 2.13. The van der Waals surface area contributed by atoms with Crippen LogP contribution in [0.3, 0.4) is 0 Å². The molecule has 0 radical (unpaired) electrons. The molecule has 0 unspecified atom stereocenters. The number of hydrogen-bond acceptors (Lipinski definition) is 2. The lowest BCUT2D eigenvalue weighted by Crippen LogP contribution is -2.00. The molecule has 8 heavy (non-hydrogen) atoms. The highest BCUT2D eigenvalue weighted by molar-refractivity contribution is 9.18. The van der Waals surface area contributed by atoms with Crippen molar-refractivity contribution in [1.82, 2.24) is 4.03 Å². The van der Waals surface area contributed by atoms with E-state index >= 15 is 0 Å². The standard InChI is InChI=1S/C4H4Br2N2/c5-4-2-1-3-8(6)7-4/h1,3H,2H2. The lowest BCUT2D eigenvalue weighted by atomic mass is 10.4. The van der Waals surface area contributed by atoms with Crippen LogP contribution < -0.4 is 0 Å². The van der Waals surface area contributed by atoms with Crippen molar-refractivity contribution in [3.05, 3.63) is 12.3 Å². The Morgan fingerprint density at radius 2 is 2.50 bits per heavy atom. The van der Waals surface area contributed by atoms with Crippen LogP contribution in [0.15, 0.2) is 17.4 Å². The molecule has 4 heteroatoms. The lowest BCUT2D eigenvalue weighted by molar-refractivity contribution is 0.690. The van der Waals surface area contributed by atoms with E-state index in [1.807, 2.05) is 12.3 Å². The summed E-state index contributed by atoms with van der Waals surface area (Å²) in [5, 5.41) is 3.98. The molecule has 0 spiro atoms. The second kappa shape index (κ2) is 2.64. The third-order valence-electron chi connectivity index (χ3n) is 0.719. The molecule has 0 bridgehead atoms. The number of allylic oxidation sites excluding steroid dienone is 1. The SMILES string of the molecule is BrC1=NN(Br)C=CC1. The number of halogens is 2. The molecule has 0 fully saturated rings. The van der Waals surface area contributed by atoms with Gasteiger partial charge < -0.3 is 0 Å². The zero-order valence-electron chi connectivity index (χ0n) is 4.01. The molecule has 0 aromatic heterocycles. The van der Waals surface area contributed by atoms with Gasteiger partial charge in [-0.3, -0.25) is 0 Å². The van der Waals surface area contributed by atoms with Gasteiger partial charge in [0.15, 0.2) is 0 Å². The maximum atomic E-state index is 3.98. The van der Waals surface area contributed by atoms with Crippen molar-refractivity contribution in [2.45, 2.75) is 6.42 Å². The van der Waals surface area contributed by atoms with Crippen molar-refractivity contribution in [2.24, 2.45) is 5.10 Å². The predicted molar refractivity (Wildman–Crippen MR) is 40.9 cm³/mol.